The van der Waals surface area contributed by atoms with Crippen LogP contribution in [0.3, 0.4) is 0 Å². The summed E-state index contributed by atoms with van der Waals surface area (Å²) in [6, 6.07) is 10.1. The summed E-state index contributed by atoms with van der Waals surface area (Å²) in [5, 5.41) is 26.8. The molecule has 2 aromatic heterocycles. The predicted octanol–water partition coefficient (Wildman–Crippen LogP) is 1.72. The smallest absolute Gasteiger partial charge is 0.339 e. The maximum atomic E-state index is 11.1. The first kappa shape index (κ1) is 12.2. The molecule has 0 radical (unpaired) electrons. The van der Waals surface area contributed by atoms with Crippen molar-refractivity contribution >= 4 is 11.6 Å². The van der Waals surface area contributed by atoms with E-state index in [0.717, 1.165) is 0 Å². The normalized spacial score (nSPS) is 10.8. The number of hydrogen-bond donors (Lipinski definition) is 2. The van der Waals surface area contributed by atoms with E-state index in [-0.39, 0.29) is 11.3 Å². The second kappa shape index (κ2) is 4.65. The highest BCUT2D eigenvalue weighted by molar-refractivity contribution is 5.94. The number of aromatic hydroxyl groups is 1. The van der Waals surface area contributed by atoms with E-state index in [9.17, 15) is 9.90 Å². The molecule has 3 rings (SSSR count). The molecule has 2 N–H and O–H groups in total. The van der Waals surface area contributed by atoms with Crippen molar-refractivity contribution in [3.8, 4) is 5.75 Å². The van der Waals surface area contributed by atoms with Gasteiger partial charge in [0.05, 0.1) is 0 Å². The largest absolute Gasteiger partial charge is 0.508 e. The van der Waals surface area contributed by atoms with Crippen LogP contribution in [-0.2, 0) is 6.42 Å². The number of hydrogen-bond acceptors (Lipinski definition) is 4. The van der Waals surface area contributed by atoms with Gasteiger partial charge in [-0.15, -0.1) is 10.2 Å². The molecular weight excluding hydrogens is 258 g/mol. The first-order chi connectivity index (χ1) is 9.66. The van der Waals surface area contributed by atoms with Crippen LogP contribution < -0.4 is 0 Å². The topological polar surface area (TPSA) is 87.7 Å². The van der Waals surface area contributed by atoms with Crippen LogP contribution in [0.4, 0.5) is 0 Å². The molecule has 0 aliphatic rings. The Hall–Kier alpha value is -2.89. The van der Waals surface area contributed by atoms with Gasteiger partial charge in [-0.1, -0.05) is 18.2 Å². The molecule has 3 aromatic rings. The molecule has 2 heterocycles. The van der Waals surface area contributed by atoms with Crippen LogP contribution in [0, 0.1) is 0 Å². The molecule has 0 unspecified atom stereocenters. The minimum absolute atomic E-state index is 0.100. The summed E-state index contributed by atoms with van der Waals surface area (Å²) in [5.74, 6) is -0.291. The highest BCUT2D eigenvalue weighted by Crippen LogP contribution is 2.20. The third kappa shape index (κ3) is 1.97. The van der Waals surface area contributed by atoms with Crippen molar-refractivity contribution in [3.05, 3.63) is 59.5 Å². The van der Waals surface area contributed by atoms with Gasteiger partial charge in [-0.05, 0) is 18.2 Å². The van der Waals surface area contributed by atoms with Gasteiger partial charge in [0, 0.05) is 18.2 Å². The minimum atomic E-state index is -1.04. The van der Waals surface area contributed by atoms with Gasteiger partial charge >= 0.3 is 5.97 Å². The van der Waals surface area contributed by atoms with Crippen molar-refractivity contribution in [2.75, 3.05) is 0 Å². The Morgan fingerprint density at radius 1 is 1.15 bits per heavy atom. The van der Waals surface area contributed by atoms with E-state index >= 15 is 0 Å². The van der Waals surface area contributed by atoms with Gasteiger partial charge in [0.25, 0.3) is 0 Å². The zero-order valence-corrected chi connectivity index (χ0v) is 10.4. The number of para-hydroxylation sites is 1. The first-order valence-corrected chi connectivity index (χ1v) is 5.99. The van der Waals surface area contributed by atoms with E-state index in [2.05, 4.69) is 10.2 Å². The van der Waals surface area contributed by atoms with E-state index in [4.69, 9.17) is 5.11 Å². The van der Waals surface area contributed by atoms with Crippen LogP contribution in [0.1, 0.15) is 21.7 Å². The van der Waals surface area contributed by atoms with Crippen molar-refractivity contribution in [3.63, 3.8) is 0 Å². The molecule has 0 fully saturated rings. The third-order valence-corrected chi connectivity index (χ3v) is 3.08. The van der Waals surface area contributed by atoms with Crippen molar-refractivity contribution in [1.82, 2.24) is 14.6 Å². The highest BCUT2D eigenvalue weighted by Gasteiger charge is 2.14. The number of benzene rings is 1. The zero-order valence-electron chi connectivity index (χ0n) is 10.4. The van der Waals surface area contributed by atoms with Crippen LogP contribution in [0.2, 0.25) is 0 Å². The summed E-state index contributed by atoms with van der Waals surface area (Å²) in [4.78, 5) is 11.1. The van der Waals surface area contributed by atoms with E-state index in [0.29, 0.717) is 23.5 Å². The molecule has 0 bridgehead atoms. The van der Waals surface area contributed by atoms with Crippen LogP contribution >= 0.6 is 0 Å². The summed E-state index contributed by atoms with van der Waals surface area (Å²) in [5.41, 5.74) is 1.11. The monoisotopic (exact) mass is 269 g/mol. The zero-order chi connectivity index (χ0) is 14.1. The first-order valence-electron chi connectivity index (χ1n) is 5.99. The second-order valence-corrected chi connectivity index (χ2v) is 4.34. The highest BCUT2D eigenvalue weighted by atomic mass is 16.4. The number of pyridine rings is 1. The lowest BCUT2D eigenvalue weighted by Gasteiger charge is -2.03. The summed E-state index contributed by atoms with van der Waals surface area (Å²) in [7, 11) is 0. The quantitative estimate of drug-likeness (QED) is 0.756. The van der Waals surface area contributed by atoms with E-state index in [1.165, 1.54) is 6.07 Å². The number of phenolic OH excluding ortho intramolecular Hbond substituents is 1. The number of aromatic carboxylic acids is 1. The Labute approximate surface area is 113 Å². The fraction of sp³-hybridized carbons (Fsp3) is 0.0714. The summed E-state index contributed by atoms with van der Waals surface area (Å²) >= 11 is 0. The fourth-order valence-electron chi connectivity index (χ4n) is 2.08. The number of nitrogens with zero attached hydrogens (tertiary/aromatic N) is 3. The molecule has 6 nitrogen and oxygen atoms in total. The molecular formula is C14H11N3O3. The molecule has 0 spiro atoms. The SMILES string of the molecule is O=C(O)c1cccn2c(Cc3ccccc3O)nnc12. The Morgan fingerprint density at radius 2 is 1.95 bits per heavy atom. The molecule has 0 aliphatic carbocycles. The summed E-state index contributed by atoms with van der Waals surface area (Å²) in [6.07, 6.45) is 2.08. The van der Waals surface area contributed by atoms with Crippen molar-refractivity contribution in [2.24, 2.45) is 0 Å². The summed E-state index contributed by atoms with van der Waals surface area (Å²) in [6.45, 7) is 0. The Morgan fingerprint density at radius 3 is 2.70 bits per heavy atom. The number of carbonyl (C=O) groups is 1. The number of carboxylic acid groups (broad SMARTS) is 1. The van der Waals surface area contributed by atoms with E-state index in [1.807, 2.05) is 6.07 Å². The van der Waals surface area contributed by atoms with Gasteiger partial charge in [0.2, 0.25) is 0 Å². The molecule has 0 saturated carbocycles. The number of aromatic nitrogens is 3. The lowest BCUT2D eigenvalue weighted by Crippen LogP contribution is -2.02. The van der Waals surface area contributed by atoms with Gasteiger partial charge in [-0.25, -0.2) is 4.79 Å². The van der Waals surface area contributed by atoms with E-state index < -0.39 is 5.97 Å². The molecule has 20 heavy (non-hydrogen) atoms. The standard InChI is InChI=1S/C14H11N3O3/c18-11-6-2-1-4-9(11)8-12-15-16-13-10(14(19)20)5-3-7-17(12)13/h1-7,18H,8H2,(H,19,20). The van der Waals surface area contributed by atoms with E-state index in [1.54, 1.807) is 34.9 Å². The minimum Gasteiger partial charge on any atom is -0.508 e. The molecule has 100 valence electrons. The number of fused-ring (bicyclic) bond motifs is 1. The number of carboxylic acids is 1. The van der Waals surface area contributed by atoms with Gasteiger partial charge in [-0.2, -0.15) is 0 Å². The Bertz CT molecular complexity index is 795. The molecule has 0 amide bonds. The van der Waals surface area contributed by atoms with Crippen molar-refractivity contribution < 1.29 is 15.0 Å². The molecule has 0 saturated heterocycles. The summed E-state index contributed by atoms with van der Waals surface area (Å²) < 4.78 is 1.62. The average Bonchev–Trinajstić information content (AvgIpc) is 2.84. The molecule has 6 heteroatoms. The fourth-order valence-corrected chi connectivity index (χ4v) is 2.08. The van der Waals surface area contributed by atoms with Crippen LogP contribution in [0.15, 0.2) is 42.6 Å². The predicted molar refractivity (Wildman–Crippen MR) is 70.9 cm³/mol. The average molecular weight is 269 g/mol. The third-order valence-electron chi connectivity index (χ3n) is 3.08. The van der Waals surface area contributed by atoms with Crippen LogP contribution in [0.25, 0.3) is 5.65 Å². The lowest BCUT2D eigenvalue weighted by molar-refractivity contribution is 0.0698. The maximum Gasteiger partial charge on any atom is 0.339 e. The van der Waals surface area contributed by atoms with Crippen LogP contribution in [0.5, 0.6) is 5.75 Å². The Balaban J connectivity index is 2.08. The molecule has 0 aliphatic heterocycles. The molecule has 0 atom stereocenters. The van der Waals surface area contributed by atoms with Crippen molar-refractivity contribution in [1.29, 1.82) is 0 Å². The van der Waals surface area contributed by atoms with Gasteiger partial charge in [0.1, 0.15) is 17.1 Å². The maximum absolute atomic E-state index is 11.1. The van der Waals surface area contributed by atoms with Gasteiger partial charge in [0.15, 0.2) is 5.65 Å². The van der Waals surface area contributed by atoms with Gasteiger partial charge in [-0.3, -0.25) is 4.40 Å². The van der Waals surface area contributed by atoms with Gasteiger partial charge < -0.3 is 10.2 Å². The Kier molecular flexibility index (Phi) is 2.83. The lowest BCUT2D eigenvalue weighted by atomic mass is 10.1. The second-order valence-electron chi connectivity index (χ2n) is 4.34. The van der Waals surface area contributed by atoms with Crippen molar-refractivity contribution in [2.45, 2.75) is 6.42 Å². The number of rotatable bonds is 3. The molecule has 1 aromatic carbocycles. The van der Waals surface area contributed by atoms with Crippen LogP contribution in [-0.4, -0.2) is 30.8 Å². The number of phenols is 1.